The van der Waals surface area contributed by atoms with E-state index in [1.165, 1.54) is 0 Å². The minimum Gasteiger partial charge on any atom is -0.348 e. The van der Waals surface area contributed by atoms with Crippen molar-refractivity contribution >= 4 is 12.2 Å². The zero-order valence-corrected chi connectivity index (χ0v) is 14.4. The molecule has 3 aromatic rings. The molecule has 2 aromatic heterocycles. The summed E-state index contributed by atoms with van der Waals surface area (Å²) in [4.78, 5) is 37.3. The van der Waals surface area contributed by atoms with E-state index >= 15 is 0 Å². The minimum atomic E-state index is -0.371. The molecule has 0 radical (unpaired) electrons. The summed E-state index contributed by atoms with van der Waals surface area (Å²) in [7, 11) is 0. The second-order valence-electron chi connectivity index (χ2n) is 6.85. The highest BCUT2D eigenvalue weighted by molar-refractivity contribution is 5.49. The number of aromatic nitrogens is 4. The first-order chi connectivity index (χ1) is 11.8. The summed E-state index contributed by atoms with van der Waals surface area (Å²) in [5.41, 5.74) is 1.48. The zero-order chi connectivity index (χ0) is 18.0. The Kier molecular flexibility index (Phi) is 4.27. The second kappa shape index (κ2) is 6.39. The number of aromatic amines is 3. The maximum Gasteiger partial charge on any atom is 0.272 e. The van der Waals surface area contributed by atoms with Gasteiger partial charge in [0.1, 0.15) is 10.7 Å². The molecule has 0 atom stereocenters. The summed E-state index contributed by atoms with van der Waals surface area (Å²) in [6, 6.07) is 9.34. The Hall–Kier alpha value is -3.15. The summed E-state index contributed by atoms with van der Waals surface area (Å²) in [5.74, 6) is 0. The molecule has 0 aliphatic carbocycles. The molecule has 0 spiro atoms. The van der Waals surface area contributed by atoms with Crippen LogP contribution in [0.15, 0.2) is 46.2 Å². The molecule has 25 heavy (non-hydrogen) atoms. The van der Waals surface area contributed by atoms with Crippen LogP contribution in [0.5, 0.6) is 0 Å². The van der Waals surface area contributed by atoms with E-state index in [1.54, 1.807) is 18.5 Å². The lowest BCUT2D eigenvalue weighted by atomic mass is 9.90. The number of imidazole rings is 1. The van der Waals surface area contributed by atoms with Gasteiger partial charge in [0.05, 0.1) is 12.0 Å². The van der Waals surface area contributed by atoms with Gasteiger partial charge in [0.15, 0.2) is 0 Å². The van der Waals surface area contributed by atoms with E-state index in [4.69, 9.17) is 0 Å². The fourth-order valence-corrected chi connectivity index (χ4v) is 2.56. The fraction of sp³-hybridized carbons (Fsp3) is 0.211. The molecule has 0 bridgehead atoms. The Morgan fingerprint density at radius 2 is 1.52 bits per heavy atom. The smallest absolute Gasteiger partial charge is 0.272 e. The van der Waals surface area contributed by atoms with Crippen LogP contribution in [0.25, 0.3) is 12.2 Å². The van der Waals surface area contributed by atoms with E-state index in [0.29, 0.717) is 5.69 Å². The van der Waals surface area contributed by atoms with Crippen molar-refractivity contribution in [1.82, 2.24) is 19.9 Å². The number of nitrogens with zero attached hydrogens (tertiary/aromatic N) is 1. The average molecular weight is 336 g/mol. The topological polar surface area (TPSA) is 94.4 Å². The van der Waals surface area contributed by atoms with Crippen molar-refractivity contribution in [3.05, 3.63) is 85.0 Å². The van der Waals surface area contributed by atoms with Crippen LogP contribution in [0.1, 0.15) is 37.7 Å². The summed E-state index contributed by atoms with van der Waals surface area (Å²) in [6.45, 7) is 6.13. The van der Waals surface area contributed by atoms with E-state index in [0.717, 1.165) is 11.3 Å². The third-order valence-corrected chi connectivity index (χ3v) is 3.80. The van der Waals surface area contributed by atoms with Crippen LogP contribution in [-0.2, 0) is 5.41 Å². The molecule has 1 aromatic carbocycles. The Labute approximate surface area is 144 Å². The predicted molar refractivity (Wildman–Crippen MR) is 97.8 cm³/mol. The Balaban J connectivity index is 2.14. The Morgan fingerprint density at radius 3 is 2.12 bits per heavy atom. The monoisotopic (exact) mass is 336 g/mol. The molecule has 0 fully saturated rings. The molecular formula is C19H20N4O2. The number of nitrogens with one attached hydrogen (secondary N) is 3. The van der Waals surface area contributed by atoms with Crippen LogP contribution >= 0.6 is 0 Å². The van der Waals surface area contributed by atoms with Crippen LogP contribution in [0.3, 0.4) is 0 Å². The highest BCUT2D eigenvalue weighted by Gasteiger charge is 2.19. The van der Waals surface area contributed by atoms with E-state index < -0.39 is 0 Å². The summed E-state index contributed by atoms with van der Waals surface area (Å²) >= 11 is 0. The number of H-pyrrole nitrogens is 3. The lowest BCUT2D eigenvalue weighted by Gasteiger charge is -2.16. The number of benzene rings is 1. The number of rotatable bonds is 2. The molecule has 0 saturated carbocycles. The van der Waals surface area contributed by atoms with Gasteiger partial charge in [-0.3, -0.25) is 9.59 Å². The van der Waals surface area contributed by atoms with Crippen molar-refractivity contribution in [3.63, 3.8) is 0 Å². The van der Waals surface area contributed by atoms with Crippen LogP contribution in [0.4, 0.5) is 0 Å². The van der Waals surface area contributed by atoms with E-state index in [2.05, 4.69) is 19.9 Å². The van der Waals surface area contributed by atoms with Crippen molar-refractivity contribution in [3.8, 4) is 0 Å². The molecule has 0 unspecified atom stereocenters. The molecule has 2 heterocycles. The molecule has 0 amide bonds. The van der Waals surface area contributed by atoms with Gasteiger partial charge in [-0.05, 0) is 17.7 Å². The van der Waals surface area contributed by atoms with Gasteiger partial charge in [-0.25, -0.2) is 4.98 Å². The lowest BCUT2D eigenvalue weighted by molar-refractivity contribution is 0.571. The molecule has 128 valence electrons. The maximum atomic E-state index is 12.4. The first-order valence-electron chi connectivity index (χ1n) is 7.99. The quantitative estimate of drug-likeness (QED) is 0.644. The summed E-state index contributed by atoms with van der Waals surface area (Å²) in [5, 5.41) is 0.388. The average Bonchev–Trinajstić information content (AvgIpc) is 3.02. The largest absolute Gasteiger partial charge is 0.348 e. The van der Waals surface area contributed by atoms with Gasteiger partial charge in [-0.15, -0.1) is 0 Å². The van der Waals surface area contributed by atoms with Crippen LogP contribution in [0.2, 0.25) is 0 Å². The maximum absolute atomic E-state index is 12.4. The van der Waals surface area contributed by atoms with E-state index in [1.807, 2.05) is 51.1 Å². The van der Waals surface area contributed by atoms with Gasteiger partial charge < -0.3 is 15.0 Å². The van der Waals surface area contributed by atoms with Crippen molar-refractivity contribution in [2.75, 3.05) is 0 Å². The normalized spacial score (nSPS) is 13.4. The van der Waals surface area contributed by atoms with Crippen molar-refractivity contribution in [1.29, 1.82) is 0 Å². The third-order valence-electron chi connectivity index (χ3n) is 3.80. The van der Waals surface area contributed by atoms with E-state index in [9.17, 15) is 9.59 Å². The number of hydrogen-bond acceptors (Lipinski definition) is 3. The fourth-order valence-electron chi connectivity index (χ4n) is 2.56. The zero-order valence-electron chi connectivity index (χ0n) is 14.4. The van der Waals surface area contributed by atoms with Gasteiger partial charge in [-0.1, -0.05) is 51.1 Å². The highest BCUT2D eigenvalue weighted by Crippen LogP contribution is 2.22. The highest BCUT2D eigenvalue weighted by atomic mass is 16.1. The third kappa shape index (κ3) is 3.68. The van der Waals surface area contributed by atoms with Gasteiger partial charge >= 0.3 is 0 Å². The SMILES string of the molecule is CC(C)(C)c1[nH]cnc1/C=c1/[nH]c(=O)/c(=C/c2ccccc2)[nH]c1=O. The molecule has 0 aliphatic heterocycles. The standard InChI is InChI=1S/C19H20N4O2/c1-19(2,3)16-13(20-11-21-16)10-15-18(25)22-14(17(24)23-15)9-12-7-5-4-6-8-12/h4-11H,1-3H3,(H,20,21)(H,22,25)(H,23,24)/b14-9-,15-10+. The molecule has 0 aliphatic rings. The van der Waals surface area contributed by atoms with Crippen LogP contribution in [-0.4, -0.2) is 19.9 Å². The molecule has 3 rings (SSSR count). The second-order valence-corrected chi connectivity index (χ2v) is 6.85. The summed E-state index contributed by atoms with van der Waals surface area (Å²) in [6.07, 6.45) is 4.80. The van der Waals surface area contributed by atoms with Crippen LogP contribution in [0, 0.1) is 0 Å². The lowest BCUT2D eigenvalue weighted by Crippen LogP contribution is -2.46. The van der Waals surface area contributed by atoms with E-state index in [-0.39, 0.29) is 27.2 Å². The van der Waals surface area contributed by atoms with Gasteiger partial charge in [0.2, 0.25) is 0 Å². The van der Waals surface area contributed by atoms with Crippen LogP contribution < -0.4 is 21.8 Å². The molecular weight excluding hydrogens is 316 g/mol. The van der Waals surface area contributed by atoms with Gasteiger partial charge in [0, 0.05) is 11.1 Å². The van der Waals surface area contributed by atoms with Crippen molar-refractivity contribution in [2.45, 2.75) is 26.2 Å². The molecule has 0 saturated heterocycles. The molecule has 6 nitrogen and oxygen atoms in total. The number of hydrogen-bond donors (Lipinski definition) is 3. The Morgan fingerprint density at radius 1 is 0.920 bits per heavy atom. The minimum absolute atomic E-state index is 0.156. The van der Waals surface area contributed by atoms with Crippen molar-refractivity contribution in [2.24, 2.45) is 0 Å². The first kappa shape index (κ1) is 16.7. The van der Waals surface area contributed by atoms with Gasteiger partial charge in [0.25, 0.3) is 11.1 Å². The Bertz CT molecular complexity index is 1110. The predicted octanol–water partition coefficient (Wildman–Crippen LogP) is 0.741. The van der Waals surface area contributed by atoms with Gasteiger partial charge in [-0.2, -0.15) is 0 Å². The molecule has 3 N–H and O–H groups in total. The first-order valence-corrected chi connectivity index (χ1v) is 7.99. The molecule has 6 heteroatoms. The van der Waals surface area contributed by atoms with Crippen molar-refractivity contribution < 1.29 is 0 Å². The summed E-state index contributed by atoms with van der Waals surface area (Å²) < 4.78 is 0.